The minimum absolute atomic E-state index is 0.111. The van der Waals surface area contributed by atoms with E-state index < -0.39 is 6.10 Å². The van der Waals surface area contributed by atoms with Crippen LogP contribution in [0.2, 0.25) is 0 Å². The second-order valence-electron chi connectivity index (χ2n) is 18.5. The molecule has 0 fully saturated rings. The predicted molar refractivity (Wildman–Crippen MR) is 297 cm³/mol. The van der Waals surface area contributed by atoms with Crippen LogP contribution in [-0.4, -0.2) is 37.2 Å². The Morgan fingerprint density at radius 2 is 0.580 bits per heavy atom. The average Bonchev–Trinajstić information content (AvgIpc) is 3.35. The molecule has 6 heteroatoms. The molecule has 0 aliphatic heterocycles. The summed E-state index contributed by atoms with van der Waals surface area (Å²) in [6.07, 6.45) is 76.5. The molecule has 0 bridgehead atoms. The van der Waals surface area contributed by atoms with Crippen molar-refractivity contribution in [3.63, 3.8) is 0 Å². The number of carbonyl (C=O) groups is 3. The average molecular weight is 958 g/mol. The summed E-state index contributed by atoms with van der Waals surface area (Å²) in [6.45, 7) is 6.42. The minimum Gasteiger partial charge on any atom is -0.462 e. The van der Waals surface area contributed by atoms with Crippen molar-refractivity contribution in [2.45, 2.75) is 258 Å². The van der Waals surface area contributed by atoms with Crippen molar-refractivity contribution >= 4 is 17.9 Å². The topological polar surface area (TPSA) is 78.9 Å². The van der Waals surface area contributed by atoms with E-state index in [9.17, 15) is 14.4 Å². The van der Waals surface area contributed by atoms with Crippen LogP contribution in [0.4, 0.5) is 0 Å². The van der Waals surface area contributed by atoms with Crippen molar-refractivity contribution < 1.29 is 28.6 Å². The standard InChI is InChI=1S/C63H104O6/c1-4-7-10-13-16-19-22-25-28-31-34-37-40-43-46-49-52-55-61(64)67-58-60(69-63(66)57-54-51-48-45-42-39-36-33-30-27-24-21-18-15-12-9-6-3)59-68-62(65)56-53-50-47-44-41-38-35-32-29-26-23-20-17-14-11-8-5-2/h7,10,16-17,19-20,25-30,34-35,37-38,44,47,60H,4-6,8-9,11-15,18,21-24,31-33,36,39-43,45-46,48-59H2,1-3H3/b10-7-,19-16-,20-17-,28-25-,29-26-,30-27-,37-34-,38-35-,47-44-/t60-/m1/s1. The fraction of sp³-hybridized carbons (Fsp3) is 0.667. The molecule has 0 aromatic carbocycles. The molecule has 0 aliphatic rings. The molecule has 0 radical (unpaired) electrons. The molecule has 0 N–H and O–H groups in total. The Bertz CT molecular complexity index is 1420. The Hall–Kier alpha value is -3.93. The largest absolute Gasteiger partial charge is 0.462 e. The Labute approximate surface area is 425 Å². The maximum atomic E-state index is 12.9. The minimum atomic E-state index is -0.815. The third-order valence-corrected chi connectivity index (χ3v) is 11.7. The van der Waals surface area contributed by atoms with Gasteiger partial charge in [0.05, 0.1) is 0 Å². The SMILES string of the molecule is CC/C=C\C/C=C\C/C=C\C/C=C\CCCCCCC(=O)OC[C@H](COC(=O)CCC/C=C\C/C=C\C/C=C\C/C=C\CCCCC)OC(=O)CCCCCCCCC/C=C\CCCCCCCC. The van der Waals surface area contributed by atoms with Crippen molar-refractivity contribution in [3.05, 3.63) is 109 Å². The second-order valence-corrected chi connectivity index (χ2v) is 18.5. The molecule has 0 spiro atoms. The molecule has 1 atom stereocenters. The van der Waals surface area contributed by atoms with Gasteiger partial charge in [0, 0.05) is 19.3 Å². The van der Waals surface area contributed by atoms with Gasteiger partial charge in [-0.05, 0) is 122 Å². The molecule has 0 heterocycles. The number of carbonyl (C=O) groups excluding carboxylic acids is 3. The summed E-state index contributed by atoms with van der Waals surface area (Å²) in [5, 5.41) is 0. The van der Waals surface area contributed by atoms with Crippen LogP contribution >= 0.6 is 0 Å². The number of esters is 3. The van der Waals surface area contributed by atoms with E-state index in [4.69, 9.17) is 14.2 Å². The highest BCUT2D eigenvalue weighted by molar-refractivity contribution is 5.71. The quantitative estimate of drug-likeness (QED) is 0.0262. The monoisotopic (exact) mass is 957 g/mol. The van der Waals surface area contributed by atoms with Crippen molar-refractivity contribution in [2.75, 3.05) is 13.2 Å². The van der Waals surface area contributed by atoms with Crippen molar-refractivity contribution in [3.8, 4) is 0 Å². The molecule has 0 amide bonds. The molecule has 0 saturated heterocycles. The Morgan fingerprint density at radius 1 is 0.304 bits per heavy atom. The van der Waals surface area contributed by atoms with E-state index in [2.05, 4.69) is 130 Å². The maximum absolute atomic E-state index is 12.9. The summed E-state index contributed by atoms with van der Waals surface area (Å²) in [7, 11) is 0. The van der Waals surface area contributed by atoms with Crippen LogP contribution in [0.25, 0.3) is 0 Å². The molecule has 0 rings (SSSR count). The van der Waals surface area contributed by atoms with Gasteiger partial charge in [-0.2, -0.15) is 0 Å². The molecular weight excluding hydrogens is 853 g/mol. The van der Waals surface area contributed by atoms with Crippen LogP contribution in [0.15, 0.2) is 109 Å². The first kappa shape index (κ1) is 65.1. The van der Waals surface area contributed by atoms with Gasteiger partial charge in [-0.25, -0.2) is 0 Å². The van der Waals surface area contributed by atoms with Crippen LogP contribution in [0.1, 0.15) is 252 Å². The second kappa shape index (κ2) is 56.7. The molecule has 0 aromatic heterocycles. The molecule has 0 unspecified atom stereocenters. The van der Waals surface area contributed by atoms with Gasteiger partial charge >= 0.3 is 17.9 Å². The van der Waals surface area contributed by atoms with E-state index in [1.807, 2.05) is 0 Å². The van der Waals surface area contributed by atoms with E-state index in [-0.39, 0.29) is 37.5 Å². The molecule has 392 valence electrons. The van der Waals surface area contributed by atoms with Crippen LogP contribution in [0.5, 0.6) is 0 Å². The summed E-state index contributed by atoms with van der Waals surface area (Å²) in [5.41, 5.74) is 0. The number of allylic oxidation sites excluding steroid dienone is 18. The first-order valence-electron chi connectivity index (χ1n) is 28.4. The summed E-state index contributed by atoms with van der Waals surface area (Å²) in [6, 6.07) is 0. The Kier molecular flexibility index (Phi) is 53.4. The van der Waals surface area contributed by atoms with E-state index >= 15 is 0 Å². The van der Waals surface area contributed by atoms with Crippen molar-refractivity contribution in [2.24, 2.45) is 0 Å². The zero-order chi connectivity index (χ0) is 50.0. The van der Waals surface area contributed by atoms with Gasteiger partial charge in [-0.3, -0.25) is 14.4 Å². The van der Waals surface area contributed by atoms with Crippen molar-refractivity contribution in [1.29, 1.82) is 0 Å². The normalized spacial score (nSPS) is 12.9. The Balaban J connectivity index is 4.53. The lowest BCUT2D eigenvalue weighted by Gasteiger charge is -2.18. The first-order valence-corrected chi connectivity index (χ1v) is 28.4. The van der Waals surface area contributed by atoms with Crippen LogP contribution in [-0.2, 0) is 28.6 Å². The van der Waals surface area contributed by atoms with Gasteiger partial charge in [0.15, 0.2) is 6.10 Å². The lowest BCUT2D eigenvalue weighted by Crippen LogP contribution is -2.30. The molecule has 0 aliphatic carbocycles. The zero-order valence-corrected chi connectivity index (χ0v) is 44.8. The van der Waals surface area contributed by atoms with Gasteiger partial charge in [-0.15, -0.1) is 0 Å². The third-order valence-electron chi connectivity index (χ3n) is 11.7. The summed E-state index contributed by atoms with van der Waals surface area (Å²) < 4.78 is 16.8. The molecular formula is C63H104O6. The molecule has 6 nitrogen and oxygen atoms in total. The Morgan fingerprint density at radius 3 is 0.986 bits per heavy atom. The van der Waals surface area contributed by atoms with Crippen LogP contribution in [0, 0.1) is 0 Å². The molecule has 69 heavy (non-hydrogen) atoms. The first-order chi connectivity index (χ1) is 34.0. The highest BCUT2D eigenvalue weighted by atomic mass is 16.6. The number of hydrogen-bond acceptors (Lipinski definition) is 6. The number of rotatable bonds is 50. The van der Waals surface area contributed by atoms with E-state index in [0.29, 0.717) is 19.3 Å². The van der Waals surface area contributed by atoms with Gasteiger partial charge < -0.3 is 14.2 Å². The van der Waals surface area contributed by atoms with Crippen LogP contribution in [0.3, 0.4) is 0 Å². The van der Waals surface area contributed by atoms with E-state index in [0.717, 1.165) is 103 Å². The maximum Gasteiger partial charge on any atom is 0.306 e. The number of unbranched alkanes of at least 4 members (excludes halogenated alkanes) is 21. The molecule has 0 aromatic rings. The van der Waals surface area contributed by atoms with Crippen LogP contribution < -0.4 is 0 Å². The zero-order valence-electron chi connectivity index (χ0n) is 44.8. The highest BCUT2D eigenvalue weighted by Crippen LogP contribution is 2.14. The lowest BCUT2D eigenvalue weighted by molar-refractivity contribution is -0.167. The lowest BCUT2D eigenvalue weighted by atomic mass is 10.1. The molecule has 0 saturated carbocycles. The predicted octanol–water partition coefficient (Wildman–Crippen LogP) is 19.1. The summed E-state index contributed by atoms with van der Waals surface area (Å²) in [5.74, 6) is -0.995. The van der Waals surface area contributed by atoms with Gasteiger partial charge in [-0.1, -0.05) is 220 Å². The van der Waals surface area contributed by atoms with Gasteiger partial charge in [0.1, 0.15) is 13.2 Å². The fourth-order valence-corrected chi connectivity index (χ4v) is 7.48. The summed E-state index contributed by atoms with van der Waals surface area (Å²) >= 11 is 0. The summed E-state index contributed by atoms with van der Waals surface area (Å²) in [4.78, 5) is 38.1. The fourth-order valence-electron chi connectivity index (χ4n) is 7.48. The number of ether oxygens (including phenoxy) is 3. The highest BCUT2D eigenvalue weighted by Gasteiger charge is 2.19. The van der Waals surface area contributed by atoms with E-state index in [1.165, 1.54) is 103 Å². The van der Waals surface area contributed by atoms with Gasteiger partial charge in [0.25, 0.3) is 0 Å². The number of hydrogen-bond donors (Lipinski definition) is 0. The third kappa shape index (κ3) is 54.9. The van der Waals surface area contributed by atoms with Gasteiger partial charge in [0.2, 0.25) is 0 Å². The van der Waals surface area contributed by atoms with Crippen molar-refractivity contribution in [1.82, 2.24) is 0 Å². The van der Waals surface area contributed by atoms with E-state index in [1.54, 1.807) is 0 Å². The smallest absolute Gasteiger partial charge is 0.306 e.